The van der Waals surface area contributed by atoms with Crippen LogP contribution in [0, 0.1) is 12.1 Å². The van der Waals surface area contributed by atoms with E-state index in [0.717, 1.165) is 10.6 Å². The highest BCUT2D eigenvalue weighted by Crippen LogP contribution is 1.98. The van der Waals surface area contributed by atoms with Crippen molar-refractivity contribution >= 4 is 12.1 Å². The fourth-order valence-electron chi connectivity index (χ4n) is 1.32. The summed E-state index contributed by atoms with van der Waals surface area (Å²) in [5, 5.41) is 3.72. The Morgan fingerprint density at radius 3 is 3.12 bits per heavy atom. The lowest BCUT2D eigenvalue weighted by molar-refractivity contribution is 0.146. The number of carbonyl (C=O) groups excluding carboxylic acids is 2. The van der Waals surface area contributed by atoms with E-state index in [1.165, 1.54) is 0 Å². The first-order valence-electron chi connectivity index (χ1n) is 5.12. The summed E-state index contributed by atoms with van der Waals surface area (Å²) in [6.45, 7) is 0.976. The standard InChI is InChI=1S/C11H11N3O3/c15-10(13-14-6-7-17-11(14)16)12-8-9-4-2-1-3-5-9/h1-2,4H,6-8H2,(H2,12,13,15). The topological polar surface area (TPSA) is 70.7 Å². The summed E-state index contributed by atoms with van der Waals surface area (Å²) < 4.78 is 4.66. The zero-order valence-electron chi connectivity index (χ0n) is 9.03. The van der Waals surface area contributed by atoms with Gasteiger partial charge < -0.3 is 10.1 Å². The van der Waals surface area contributed by atoms with Crippen molar-refractivity contribution in [2.45, 2.75) is 6.54 Å². The van der Waals surface area contributed by atoms with Gasteiger partial charge in [0.1, 0.15) is 6.61 Å². The lowest BCUT2D eigenvalue weighted by atomic mass is 10.3. The van der Waals surface area contributed by atoms with Gasteiger partial charge in [-0.05, 0) is 12.1 Å². The Balaban J connectivity index is 1.76. The van der Waals surface area contributed by atoms with Gasteiger partial charge in [0.15, 0.2) is 0 Å². The molecular formula is C11H11N3O3. The molecule has 0 saturated carbocycles. The molecule has 1 aliphatic heterocycles. The Labute approximate surface area is 98.5 Å². The van der Waals surface area contributed by atoms with Crippen LogP contribution in [0.3, 0.4) is 0 Å². The van der Waals surface area contributed by atoms with Crippen LogP contribution in [0.5, 0.6) is 0 Å². The van der Waals surface area contributed by atoms with E-state index in [1.54, 1.807) is 6.07 Å². The summed E-state index contributed by atoms with van der Waals surface area (Å²) in [6, 6.07) is 10.5. The highest BCUT2D eigenvalue weighted by Gasteiger charge is 2.23. The minimum Gasteiger partial charge on any atom is -0.446 e. The Kier molecular flexibility index (Phi) is 3.31. The molecule has 2 N–H and O–H groups in total. The van der Waals surface area contributed by atoms with Crippen LogP contribution in [-0.2, 0) is 11.3 Å². The first kappa shape index (κ1) is 11.1. The molecule has 1 aromatic carbocycles. The fourth-order valence-corrected chi connectivity index (χ4v) is 1.32. The van der Waals surface area contributed by atoms with Gasteiger partial charge in [-0.2, -0.15) is 0 Å². The van der Waals surface area contributed by atoms with Crippen LogP contribution in [0.2, 0.25) is 0 Å². The number of ether oxygens (including phenoxy) is 1. The lowest BCUT2D eigenvalue weighted by Gasteiger charge is -2.14. The first-order chi connectivity index (χ1) is 8.25. The van der Waals surface area contributed by atoms with Crippen LogP contribution in [0.15, 0.2) is 18.2 Å². The van der Waals surface area contributed by atoms with E-state index in [-0.39, 0.29) is 0 Å². The number of rotatable bonds is 3. The fraction of sp³-hybridized carbons (Fsp3) is 0.273. The number of hydrogen-bond donors (Lipinski definition) is 2. The zero-order chi connectivity index (χ0) is 12.1. The molecule has 2 rings (SSSR count). The van der Waals surface area contributed by atoms with Crippen molar-refractivity contribution < 1.29 is 14.3 Å². The number of amides is 3. The SMILES string of the molecule is O=C(NCc1c#cccc1)NN1CCOC1=O. The number of cyclic esters (lactones) is 1. The number of urea groups is 1. The second-order valence-electron chi connectivity index (χ2n) is 3.38. The summed E-state index contributed by atoms with van der Waals surface area (Å²) in [5.41, 5.74) is 3.20. The summed E-state index contributed by atoms with van der Waals surface area (Å²) in [7, 11) is 0. The molecule has 1 heterocycles. The smallest absolute Gasteiger partial charge is 0.428 e. The molecule has 0 aromatic heterocycles. The van der Waals surface area contributed by atoms with Gasteiger partial charge in [-0.25, -0.2) is 20.0 Å². The van der Waals surface area contributed by atoms with E-state index in [0.29, 0.717) is 19.7 Å². The molecule has 3 amide bonds. The van der Waals surface area contributed by atoms with Crippen molar-refractivity contribution in [1.82, 2.24) is 15.8 Å². The minimum atomic E-state index is -0.542. The second-order valence-corrected chi connectivity index (χ2v) is 3.38. The largest absolute Gasteiger partial charge is 0.446 e. The summed E-state index contributed by atoms with van der Waals surface area (Å²) >= 11 is 0. The predicted molar refractivity (Wildman–Crippen MR) is 57.5 cm³/mol. The summed E-state index contributed by atoms with van der Waals surface area (Å²) in [4.78, 5) is 22.5. The third kappa shape index (κ3) is 3.01. The third-order valence-corrected chi connectivity index (χ3v) is 2.15. The van der Waals surface area contributed by atoms with Gasteiger partial charge >= 0.3 is 12.1 Å². The maximum absolute atomic E-state index is 11.4. The number of carbonyl (C=O) groups is 2. The van der Waals surface area contributed by atoms with Crippen LogP contribution >= 0.6 is 0 Å². The van der Waals surface area contributed by atoms with Gasteiger partial charge in [0.05, 0.1) is 13.1 Å². The van der Waals surface area contributed by atoms with Gasteiger partial charge in [-0.15, -0.1) is 0 Å². The van der Waals surface area contributed by atoms with E-state index in [9.17, 15) is 9.59 Å². The molecule has 0 aliphatic carbocycles. The Morgan fingerprint density at radius 1 is 1.59 bits per heavy atom. The van der Waals surface area contributed by atoms with Gasteiger partial charge in [0.25, 0.3) is 0 Å². The number of hydrazine groups is 1. The minimum absolute atomic E-state index is 0.292. The van der Waals surface area contributed by atoms with Crippen LogP contribution in [0.25, 0.3) is 0 Å². The predicted octanol–water partition coefficient (Wildman–Crippen LogP) is 0.453. The van der Waals surface area contributed by atoms with Gasteiger partial charge in [-0.1, -0.05) is 18.2 Å². The quantitative estimate of drug-likeness (QED) is 0.796. The van der Waals surface area contributed by atoms with Crippen LogP contribution in [-0.4, -0.2) is 30.3 Å². The molecule has 88 valence electrons. The molecule has 0 atom stereocenters. The van der Waals surface area contributed by atoms with Gasteiger partial charge in [0.2, 0.25) is 0 Å². The molecule has 17 heavy (non-hydrogen) atoms. The zero-order valence-corrected chi connectivity index (χ0v) is 9.03. The van der Waals surface area contributed by atoms with Gasteiger partial charge in [0, 0.05) is 5.56 Å². The summed E-state index contributed by atoms with van der Waals surface area (Å²) in [5.74, 6) is 0. The van der Waals surface area contributed by atoms with E-state index >= 15 is 0 Å². The van der Waals surface area contributed by atoms with Crippen molar-refractivity contribution in [3.63, 3.8) is 0 Å². The summed E-state index contributed by atoms with van der Waals surface area (Å²) in [6.07, 6.45) is -0.542. The molecule has 6 nitrogen and oxygen atoms in total. The molecule has 0 radical (unpaired) electrons. The first-order valence-corrected chi connectivity index (χ1v) is 5.12. The van der Waals surface area contributed by atoms with E-state index in [4.69, 9.17) is 0 Å². The van der Waals surface area contributed by atoms with Crippen LogP contribution in [0.4, 0.5) is 9.59 Å². The Hall–Kier alpha value is -2.42. The average molecular weight is 233 g/mol. The van der Waals surface area contributed by atoms with Crippen LogP contribution < -0.4 is 10.7 Å². The molecule has 1 saturated heterocycles. The molecular weight excluding hydrogens is 222 g/mol. The maximum Gasteiger partial charge on any atom is 0.428 e. The highest BCUT2D eigenvalue weighted by molar-refractivity contribution is 5.78. The Bertz CT molecular complexity index is 408. The number of hydrogen-bond acceptors (Lipinski definition) is 3. The van der Waals surface area contributed by atoms with Crippen LogP contribution in [0.1, 0.15) is 5.56 Å². The van der Waals surface area contributed by atoms with Gasteiger partial charge in [-0.3, -0.25) is 0 Å². The molecule has 0 spiro atoms. The van der Waals surface area contributed by atoms with E-state index in [2.05, 4.69) is 27.6 Å². The number of nitrogens with one attached hydrogen (secondary N) is 2. The van der Waals surface area contributed by atoms with Crippen molar-refractivity contribution in [2.24, 2.45) is 0 Å². The molecule has 0 unspecified atom stereocenters. The molecule has 1 aromatic rings. The number of nitrogens with zero attached hydrogens (tertiary/aromatic N) is 1. The molecule has 6 heteroatoms. The van der Waals surface area contributed by atoms with Crippen molar-refractivity contribution in [1.29, 1.82) is 0 Å². The lowest BCUT2D eigenvalue weighted by Crippen LogP contribution is -2.47. The van der Waals surface area contributed by atoms with Crippen molar-refractivity contribution in [2.75, 3.05) is 13.2 Å². The average Bonchev–Trinajstić information content (AvgIpc) is 2.74. The molecule has 1 aliphatic rings. The second kappa shape index (κ2) is 5.07. The highest BCUT2D eigenvalue weighted by atomic mass is 16.6. The van der Waals surface area contributed by atoms with Crippen molar-refractivity contribution in [3.8, 4) is 0 Å². The van der Waals surface area contributed by atoms with E-state index in [1.807, 2.05) is 12.1 Å². The van der Waals surface area contributed by atoms with Crippen molar-refractivity contribution in [3.05, 3.63) is 35.9 Å². The molecule has 1 fully saturated rings. The Morgan fingerprint density at radius 2 is 2.47 bits per heavy atom. The maximum atomic E-state index is 11.4. The van der Waals surface area contributed by atoms with E-state index < -0.39 is 12.1 Å². The normalized spacial score (nSPS) is 13.9. The third-order valence-electron chi connectivity index (χ3n) is 2.15. The molecule has 0 bridgehead atoms. The monoisotopic (exact) mass is 233 g/mol.